The lowest BCUT2D eigenvalue weighted by Crippen LogP contribution is -1.97. The normalized spacial score (nSPS) is 10.3. The summed E-state index contributed by atoms with van der Waals surface area (Å²) in [6.07, 6.45) is 1.92. The number of rotatable bonds is 2. The van der Waals surface area contributed by atoms with Gasteiger partial charge in [0, 0.05) is 18.3 Å². The molecule has 2 N–H and O–H groups in total. The fraction of sp³-hybridized carbons (Fsp3) is 0.182. The van der Waals surface area contributed by atoms with Crippen LogP contribution in [0, 0.1) is 11.3 Å². The standard InChI is InChI=1S/C11H11N3/c12-4-6-14-5-3-10-2-1-9(8-13)7-11(10)14/h1-3,5,7H,6,8,13H2. The van der Waals surface area contributed by atoms with Crippen molar-refractivity contribution >= 4 is 10.9 Å². The Hall–Kier alpha value is -1.79. The third-order valence-electron chi connectivity index (χ3n) is 2.32. The first-order chi connectivity index (χ1) is 6.85. The second-order valence-corrected chi connectivity index (χ2v) is 3.20. The van der Waals surface area contributed by atoms with Gasteiger partial charge in [-0.2, -0.15) is 5.26 Å². The molecule has 0 spiro atoms. The maximum Gasteiger partial charge on any atom is 0.110 e. The SMILES string of the molecule is N#CCn1ccc2ccc(CN)cc21. The van der Waals surface area contributed by atoms with E-state index in [9.17, 15) is 0 Å². The molecule has 0 aliphatic rings. The van der Waals surface area contributed by atoms with Crippen LogP contribution in [-0.2, 0) is 13.1 Å². The average Bonchev–Trinajstić information content (AvgIpc) is 2.61. The van der Waals surface area contributed by atoms with Gasteiger partial charge in [-0.1, -0.05) is 12.1 Å². The minimum Gasteiger partial charge on any atom is -0.334 e. The van der Waals surface area contributed by atoms with Crippen molar-refractivity contribution in [3.63, 3.8) is 0 Å². The van der Waals surface area contributed by atoms with Crippen molar-refractivity contribution in [2.75, 3.05) is 0 Å². The summed E-state index contributed by atoms with van der Waals surface area (Å²) < 4.78 is 1.93. The fourth-order valence-corrected chi connectivity index (χ4v) is 1.57. The highest BCUT2D eigenvalue weighted by atomic mass is 14.9. The zero-order valence-electron chi connectivity index (χ0n) is 7.77. The van der Waals surface area contributed by atoms with E-state index in [0.717, 1.165) is 16.5 Å². The van der Waals surface area contributed by atoms with E-state index in [2.05, 4.69) is 6.07 Å². The number of benzene rings is 1. The number of aromatic nitrogens is 1. The van der Waals surface area contributed by atoms with E-state index >= 15 is 0 Å². The molecule has 0 saturated heterocycles. The molecule has 0 radical (unpaired) electrons. The molecule has 0 bridgehead atoms. The summed E-state index contributed by atoms with van der Waals surface area (Å²) in [7, 11) is 0. The highest BCUT2D eigenvalue weighted by molar-refractivity contribution is 5.80. The Morgan fingerprint density at radius 3 is 2.93 bits per heavy atom. The predicted octanol–water partition coefficient (Wildman–Crippen LogP) is 1.62. The van der Waals surface area contributed by atoms with Gasteiger partial charge in [0.1, 0.15) is 6.54 Å². The lowest BCUT2D eigenvalue weighted by molar-refractivity contribution is 0.873. The maximum atomic E-state index is 8.63. The third kappa shape index (κ3) is 1.36. The van der Waals surface area contributed by atoms with Gasteiger partial charge in [-0.05, 0) is 23.1 Å². The molecule has 3 nitrogen and oxygen atoms in total. The van der Waals surface area contributed by atoms with Crippen molar-refractivity contribution in [3.8, 4) is 6.07 Å². The fourth-order valence-electron chi connectivity index (χ4n) is 1.57. The lowest BCUT2D eigenvalue weighted by atomic mass is 10.2. The van der Waals surface area contributed by atoms with E-state index < -0.39 is 0 Å². The Labute approximate surface area is 82.4 Å². The minimum atomic E-state index is 0.386. The minimum absolute atomic E-state index is 0.386. The predicted molar refractivity (Wildman–Crippen MR) is 55.4 cm³/mol. The summed E-state index contributed by atoms with van der Waals surface area (Å²) in [6, 6.07) is 10.2. The zero-order valence-corrected chi connectivity index (χ0v) is 7.77. The van der Waals surface area contributed by atoms with Gasteiger partial charge >= 0.3 is 0 Å². The van der Waals surface area contributed by atoms with E-state index in [1.54, 1.807) is 0 Å². The van der Waals surface area contributed by atoms with E-state index in [4.69, 9.17) is 11.0 Å². The van der Waals surface area contributed by atoms with Crippen molar-refractivity contribution in [1.82, 2.24) is 4.57 Å². The molecule has 3 heteroatoms. The van der Waals surface area contributed by atoms with Crippen LogP contribution in [-0.4, -0.2) is 4.57 Å². The molecule has 0 saturated carbocycles. The lowest BCUT2D eigenvalue weighted by Gasteiger charge is -2.01. The molecule has 0 aliphatic heterocycles. The van der Waals surface area contributed by atoms with Crippen LogP contribution in [0.4, 0.5) is 0 Å². The molecule has 14 heavy (non-hydrogen) atoms. The van der Waals surface area contributed by atoms with Crippen molar-refractivity contribution in [2.24, 2.45) is 5.73 Å². The van der Waals surface area contributed by atoms with E-state index in [1.165, 1.54) is 0 Å². The first-order valence-electron chi connectivity index (χ1n) is 4.50. The number of hydrogen-bond donors (Lipinski definition) is 1. The molecular weight excluding hydrogens is 174 g/mol. The first-order valence-corrected chi connectivity index (χ1v) is 4.50. The van der Waals surface area contributed by atoms with Crippen LogP contribution in [0.5, 0.6) is 0 Å². The van der Waals surface area contributed by atoms with Crippen molar-refractivity contribution in [2.45, 2.75) is 13.1 Å². The van der Waals surface area contributed by atoms with Crippen LogP contribution in [0.1, 0.15) is 5.56 Å². The summed E-state index contributed by atoms with van der Waals surface area (Å²) in [6.45, 7) is 0.922. The first kappa shape index (κ1) is 8.79. The third-order valence-corrected chi connectivity index (χ3v) is 2.32. The molecule has 70 valence electrons. The van der Waals surface area contributed by atoms with Gasteiger partial charge in [0.15, 0.2) is 0 Å². The van der Waals surface area contributed by atoms with Gasteiger partial charge in [-0.3, -0.25) is 0 Å². The van der Waals surface area contributed by atoms with Crippen LogP contribution in [0.2, 0.25) is 0 Å². The molecule has 0 atom stereocenters. The highest BCUT2D eigenvalue weighted by Crippen LogP contribution is 2.17. The van der Waals surface area contributed by atoms with Gasteiger partial charge in [-0.15, -0.1) is 0 Å². The largest absolute Gasteiger partial charge is 0.334 e. The Bertz CT molecular complexity index is 491. The molecule has 0 amide bonds. The number of nitrogens with zero attached hydrogens (tertiary/aromatic N) is 2. The van der Waals surface area contributed by atoms with Crippen LogP contribution in [0.15, 0.2) is 30.5 Å². The number of nitriles is 1. The Kier molecular flexibility index (Phi) is 2.21. The van der Waals surface area contributed by atoms with Crippen molar-refractivity contribution in [1.29, 1.82) is 5.26 Å². The quantitative estimate of drug-likeness (QED) is 0.773. The van der Waals surface area contributed by atoms with Gasteiger partial charge in [0.2, 0.25) is 0 Å². The molecular formula is C11H11N3. The summed E-state index contributed by atoms with van der Waals surface area (Å²) in [4.78, 5) is 0. The van der Waals surface area contributed by atoms with Crippen LogP contribution in [0.25, 0.3) is 10.9 Å². The second kappa shape index (κ2) is 3.52. The average molecular weight is 185 g/mol. The molecule has 2 aromatic rings. The monoisotopic (exact) mass is 185 g/mol. The topological polar surface area (TPSA) is 54.7 Å². The Morgan fingerprint density at radius 2 is 2.21 bits per heavy atom. The van der Waals surface area contributed by atoms with Crippen molar-refractivity contribution in [3.05, 3.63) is 36.0 Å². The van der Waals surface area contributed by atoms with Gasteiger partial charge in [-0.25, -0.2) is 0 Å². The maximum absolute atomic E-state index is 8.63. The zero-order chi connectivity index (χ0) is 9.97. The van der Waals surface area contributed by atoms with Crippen LogP contribution < -0.4 is 5.73 Å². The number of hydrogen-bond acceptors (Lipinski definition) is 2. The smallest absolute Gasteiger partial charge is 0.110 e. The second-order valence-electron chi connectivity index (χ2n) is 3.20. The number of nitrogens with two attached hydrogens (primary N) is 1. The van der Waals surface area contributed by atoms with E-state index in [-0.39, 0.29) is 0 Å². The molecule has 1 aromatic carbocycles. The molecule has 0 aliphatic carbocycles. The van der Waals surface area contributed by atoms with Gasteiger partial charge in [0.05, 0.1) is 6.07 Å². The summed E-state index contributed by atoms with van der Waals surface area (Å²) >= 11 is 0. The molecule has 1 heterocycles. The van der Waals surface area contributed by atoms with Gasteiger partial charge < -0.3 is 10.3 Å². The summed E-state index contributed by atoms with van der Waals surface area (Å²) in [5.74, 6) is 0. The van der Waals surface area contributed by atoms with Gasteiger partial charge in [0.25, 0.3) is 0 Å². The Morgan fingerprint density at radius 1 is 1.36 bits per heavy atom. The van der Waals surface area contributed by atoms with Crippen LogP contribution >= 0.6 is 0 Å². The Balaban J connectivity index is 2.59. The number of fused-ring (bicyclic) bond motifs is 1. The molecule has 0 unspecified atom stereocenters. The molecule has 2 rings (SSSR count). The molecule has 0 fully saturated rings. The van der Waals surface area contributed by atoms with Crippen molar-refractivity contribution < 1.29 is 0 Å². The highest BCUT2D eigenvalue weighted by Gasteiger charge is 2.00. The summed E-state index contributed by atoms with van der Waals surface area (Å²) in [5.41, 5.74) is 7.73. The summed E-state index contributed by atoms with van der Waals surface area (Å²) in [5, 5.41) is 9.78. The van der Waals surface area contributed by atoms with Crippen LogP contribution in [0.3, 0.4) is 0 Å². The van der Waals surface area contributed by atoms with E-state index in [0.29, 0.717) is 13.1 Å². The van der Waals surface area contributed by atoms with E-state index in [1.807, 2.05) is 35.0 Å². The molecule has 1 aromatic heterocycles.